The van der Waals surface area contributed by atoms with Crippen molar-refractivity contribution in [1.29, 1.82) is 0 Å². The molecule has 0 saturated carbocycles. The molecular weight excluding hydrogens is 398 g/mol. The molecule has 2 aromatic carbocycles. The van der Waals surface area contributed by atoms with Crippen molar-refractivity contribution in [2.24, 2.45) is 0 Å². The maximum Gasteiger partial charge on any atom is 0.0563 e. The van der Waals surface area contributed by atoms with Gasteiger partial charge >= 0.3 is 0 Å². The Balaban J connectivity index is 2.33. The van der Waals surface area contributed by atoms with E-state index in [9.17, 15) is 0 Å². The van der Waals surface area contributed by atoms with E-state index in [0.717, 1.165) is 24.8 Å². The van der Waals surface area contributed by atoms with Gasteiger partial charge in [-0.1, -0.05) is 18.2 Å². The van der Waals surface area contributed by atoms with Crippen LogP contribution in [0.3, 0.4) is 0 Å². The van der Waals surface area contributed by atoms with E-state index in [1.807, 2.05) is 42.5 Å². The van der Waals surface area contributed by atoms with Crippen molar-refractivity contribution in [2.75, 3.05) is 5.32 Å². The summed E-state index contributed by atoms with van der Waals surface area (Å²) in [5, 5.41) is 3.34. The molecule has 0 aromatic heterocycles. The van der Waals surface area contributed by atoms with E-state index < -0.39 is 0 Å². The predicted octanol–water partition coefficient (Wildman–Crippen LogP) is 5.72. The number of nitrogens with one attached hydrogen (secondary N) is 1. The van der Waals surface area contributed by atoms with E-state index in [-0.39, 0.29) is 0 Å². The fourth-order valence-corrected chi connectivity index (χ4v) is 2.69. The minimum absolute atomic E-state index is 1.01. The maximum atomic E-state index is 3.55. The summed E-state index contributed by atoms with van der Waals surface area (Å²) in [5.41, 5.74) is 2.10. The number of hydrogen-bond acceptors (Lipinski definition) is 1. The van der Waals surface area contributed by atoms with Crippen LogP contribution in [0.1, 0.15) is 0 Å². The van der Waals surface area contributed by atoms with Crippen molar-refractivity contribution >= 4 is 59.2 Å². The first-order valence-corrected chi connectivity index (χ1v) is 7.02. The van der Waals surface area contributed by atoms with Crippen LogP contribution in [0, 0.1) is 0 Å². The number of rotatable bonds is 2. The number of halogens is 3. The Morgan fingerprint density at radius 3 is 2.12 bits per heavy atom. The normalized spacial score (nSPS) is 10.2. The first kappa shape index (κ1) is 12.1. The van der Waals surface area contributed by atoms with E-state index in [4.69, 9.17) is 0 Å². The van der Waals surface area contributed by atoms with Gasteiger partial charge in [-0.25, -0.2) is 0 Å². The molecular formula is C12H8Br3N. The van der Waals surface area contributed by atoms with Crippen molar-refractivity contribution < 1.29 is 0 Å². The summed E-state index contributed by atoms with van der Waals surface area (Å²) in [7, 11) is 0. The minimum atomic E-state index is 1.01. The second kappa shape index (κ2) is 5.34. The molecule has 0 atom stereocenters. The van der Waals surface area contributed by atoms with E-state index in [1.165, 1.54) is 0 Å². The molecule has 0 aliphatic carbocycles. The Labute approximate surface area is 120 Å². The number of para-hydroxylation sites is 1. The number of hydrogen-bond donors (Lipinski definition) is 1. The lowest BCUT2D eigenvalue weighted by Gasteiger charge is -2.10. The van der Waals surface area contributed by atoms with Gasteiger partial charge in [-0.15, -0.1) is 0 Å². The van der Waals surface area contributed by atoms with Crippen LogP contribution in [0.4, 0.5) is 11.4 Å². The fraction of sp³-hybridized carbons (Fsp3) is 0. The molecule has 2 aromatic rings. The topological polar surface area (TPSA) is 12.0 Å². The Morgan fingerprint density at radius 1 is 0.750 bits per heavy atom. The Hall–Kier alpha value is -0.320. The van der Waals surface area contributed by atoms with Gasteiger partial charge in [0.15, 0.2) is 0 Å². The lowest BCUT2D eigenvalue weighted by atomic mass is 10.3. The van der Waals surface area contributed by atoms with E-state index in [2.05, 4.69) is 53.1 Å². The SMILES string of the molecule is Brc1ccc(Nc2ccccc2)c(Br)c1Br. The molecule has 2 rings (SSSR count). The highest BCUT2D eigenvalue weighted by Crippen LogP contribution is 2.37. The third kappa shape index (κ3) is 2.67. The molecule has 0 unspecified atom stereocenters. The molecule has 4 heteroatoms. The second-order valence-corrected chi connectivity index (χ2v) is 5.65. The average molecular weight is 406 g/mol. The molecule has 82 valence electrons. The van der Waals surface area contributed by atoms with E-state index in [0.29, 0.717) is 0 Å². The molecule has 0 heterocycles. The average Bonchev–Trinajstić information content (AvgIpc) is 2.31. The zero-order valence-corrected chi connectivity index (χ0v) is 12.9. The summed E-state index contributed by atoms with van der Waals surface area (Å²) in [6.45, 7) is 0. The smallest absolute Gasteiger partial charge is 0.0563 e. The van der Waals surface area contributed by atoms with E-state index in [1.54, 1.807) is 0 Å². The molecule has 0 aliphatic heterocycles. The molecule has 0 bridgehead atoms. The van der Waals surface area contributed by atoms with Crippen molar-refractivity contribution in [2.45, 2.75) is 0 Å². The van der Waals surface area contributed by atoms with Gasteiger partial charge in [0.2, 0.25) is 0 Å². The van der Waals surface area contributed by atoms with Crippen molar-refractivity contribution in [3.63, 3.8) is 0 Å². The summed E-state index contributed by atoms with van der Waals surface area (Å²) in [6, 6.07) is 14.1. The second-order valence-electron chi connectivity index (χ2n) is 3.21. The van der Waals surface area contributed by atoms with Crippen LogP contribution in [-0.2, 0) is 0 Å². The predicted molar refractivity (Wildman–Crippen MR) is 79.3 cm³/mol. The zero-order chi connectivity index (χ0) is 11.5. The number of benzene rings is 2. The van der Waals surface area contributed by atoms with Gasteiger partial charge < -0.3 is 5.32 Å². The Morgan fingerprint density at radius 2 is 1.44 bits per heavy atom. The third-order valence-corrected chi connectivity index (χ3v) is 5.46. The van der Waals surface area contributed by atoms with Gasteiger partial charge in [0.1, 0.15) is 0 Å². The van der Waals surface area contributed by atoms with Crippen LogP contribution >= 0.6 is 47.8 Å². The van der Waals surface area contributed by atoms with Crippen molar-refractivity contribution in [3.8, 4) is 0 Å². The van der Waals surface area contributed by atoms with Crippen LogP contribution in [0.5, 0.6) is 0 Å². The first-order chi connectivity index (χ1) is 7.68. The highest BCUT2D eigenvalue weighted by molar-refractivity contribution is 9.14. The monoisotopic (exact) mass is 403 g/mol. The summed E-state index contributed by atoms with van der Waals surface area (Å²) in [6.07, 6.45) is 0. The molecule has 0 aliphatic rings. The molecule has 0 spiro atoms. The van der Waals surface area contributed by atoms with Crippen LogP contribution in [0.2, 0.25) is 0 Å². The fourth-order valence-electron chi connectivity index (χ4n) is 1.30. The van der Waals surface area contributed by atoms with Gasteiger partial charge in [-0.2, -0.15) is 0 Å². The quantitative estimate of drug-likeness (QED) is 0.630. The summed E-state index contributed by atoms with van der Waals surface area (Å²) in [5.74, 6) is 0. The van der Waals surface area contributed by atoms with Gasteiger partial charge in [0, 0.05) is 14.6 Å². The van der Waals surface area contributed by atoms with Gasteiger partial charge in [0.05, 0.1) is 10.2 Å². The summed E-state index contributed by atoms with van der Waals surface area (Å²) in [4.78, 5) is 0. The van der Waals surface area contributed by atoms with Crippen molar-refractivity contribution in [1.82, 2.24) is 0 Å². The number of anilines is 2. The van der Waals surface area contributed by atoms with Crippen LogP contribution in [-0.4, -0.2) is 0 Å². The highest BCUT2D eigenvalue weighted by Gasteiger charge is 2.07. The highest BCUT2D eigenvalue weighted by atomic mass is 79.9. The van der Waals surface area contributed by atoms with Crippen LogP contribution in [0.15, 0.2) is 55.9 Å². The summed E-state index contributed by atoms with van der Waals surface area (Å²) >= 11 is 10.5. The van der Waals surface area contributed by atoms with Gasteiger partial charge in [-0.3, -0.25) is 0 Å². The van der Waals surface area contributed by atoms with Crippen LogP contribution < -0.4 is 5.32 Å². The molecule has 0 amide bonds. The molecule has 16 heavy (non-hydrogen) atoms. The maximum absolute atomic E-state index is 3.55. The Bertz CT molecular complexity index is 497. The van der Waals surface area contributed by atoms with Crippen molar-refractivity contribution in [3.05, 3.63) is 55.9 Å². The molecule has 0 radical (unpaired) electrons. The molecule has 1 nitrogen and oxygen atoms in total. The molecule has 0 saturated heterocycles. The van der Waals surface area contributed by atoms with Crippen LogP contribution in [0.25, 0.3) is 0 Å². The van der Waals surface area contributed by atoms with Gasteiger partial charge in [-0.05, 0) is 72.1 Å². The molecule has 1 N–H and O–H groups in total. The first-order valence-electron chi connectivity index (χ1n) is 4.64. The van der Waals surface area contributed by atoms with Gasteiger partial charge in [0.25, 0.3) is 0 Å². The van der Waals surface area contributed by atoms with E-state index >= 15 is 0 Å². The zero-order valence-electron chi connectivity index (χ0n) is 8.18. The Kier molecular flexibility index (Phi) is 4.05. The minimum Gasteiger partial charge on any atom is -0.355 e. The standard InChI is InChI=1S/C12H8Br3N/c13-9-6-7-10(12(15)11(9)14)16-8-4-2-1-3-5-8/h1-7,16H. The third-order valence-electron chi connectivity index (χ3n) is 2.09. The lowest BCUT2D eigenvalue weighted by molar-refractivity contribution is 1.48. The summed E-state index contributed by atoms with van der Waals surface area (Å²) < 4.78 is 3.04. The lowest BCUT2D eigenvalue weighted by Crippen LogP contribution is -1.91. The molecule has 0 fully saturated rings. The largest absolute Gasteiger partial charge is 0.355 e.